The van der Waals surface area contributed by atoms with E-state index in [4.69, 9.17) is 27.9 Å². The Kier molecular flexibility index (Phi) is 5.59. The highest BCUT2D eigenvalue weighted by molar-refractivity contribution is 6.35. The Morgan fingerprint density at radius 2 is 1.72 bits per heavy atom. The molecule has 0 aliphatic heterocycles. The highest BCUT2D eigenvalue weighted by Gasteiger charge is 2.28. The van der Waals surface area contributed by atoms with E-state index >= 15 is 0 Å². The molecule has 2 atom stereocenters. The van der Waals surface area contributed by atoms with Crippen molar-refractivity contribution in [2.75, 3.05) is 0 Å². The van der Waals surface area contributed by atoms with Crippen molar-refractivity contribution in [2.24, 2.45) is 0 Å². The van der Waals surface area contributed by atoms with Crippen LogP contribution in [0.4, 0.5) is 0 Å². The maximum absolute atomic E-state index is 11.0. The van der Waals surface area contributed by atoms with Crippen LogP contribution < -0.4 is 4.74 Å². The van der Waals surface area contributed by atoms with Gasteiger partial charge in [0.25, 0.3) is 0 Å². The van der Waals surface area contributed by atoms with Gasteiger partial charge in [0.2, 0.25) is 0 Å². The van der Waals surface area contributed by atoms with E-state index in [1.165, 1.54) is 0 Å². The molecule has 0 bridgehead atoms. The molecule has 0 saturated heterocycles. The first kappa shape index (κ1) is 17.7. The maximum atomic E-state index is 11.0. The summed E-state index contributed by atoms with van der Waals surface area (Å²) in [7, 11) is 0. The Hall–Kier alpha value is -2.07. The van der Waals surface area contributed by atoms with Gasteiger partial charge in [-0.15, -0.1) is 0 Å². The van der Waals surface area contributed by atoms with Gasteiger partial charge in [-0.3, -0.25) is 4.98 Å². The third-order valence-corrected chi connectivity index (χ3v) is 4.49. The van der Waals surface area contributed by atoms with Crippen molar-refractivity contribution in [3.8, 4) is 5.75 Å². The lowest BCUT2D eigenvalue weighted by molar-refractivity contribution is 0.0337. The fraction of sp³-hybridized carbons (Fsp3) is 0.150. The van der Waals surface area contributed by atoms with Gasteiger partial charge >= 0.3 is 0 Å². The molecule has 25 heavy (non-hydrogen) atoms. The number of hydrogen-bond donors (Lipinski definition) is 1. The van der Waals surface area contributed by atoms with Gasteiger partial charge in [-0.2, -0.15) is 0 Å². The molecule has 0 saturated carbocycles. The fourth-order valence-corrected chi connectivity index (χ4v) is 3.16. The second-order valence-corrected chi connectivity index (χ2v) is 6.48. The van der Waals surface area contributed by atoms with Crippen LogP contribution >= 0.6 is 23.2 Å². The summed E-state index contributed by atoms with van der Waals surface area (Å²) in [6, 6.07) is 18.1. The van der Waals surface area contributed by atoms with Crippen LogP contribution in [0.15, 0.2) is 66.9 Å². The average molecular weight is 374 g/mol. The molecular weight excluding hydrogens is 357 g/mol. The molecular formula is C20H17Cl2NO2. The highest BCUT2D eigenvalue weighted by Crippen LogP contribution is 2.38. The quantitative estimate of drug-likeness (QED) is 0.637. The van der Waals surface area contributed by atoms with Gasteiger partial charge in [-0.25, -0.2) is 0 Å². The average Bonchev–Trinajstić information content (AvgIpc) is 2.61. The first-order chi connectivity index (χ1) is 12.1. The van der Waals surface area contributed by atoms with E-state index in [-0.39, 0.29) is 0 Å². The van der Waals surface area contributed by atoms with Crippen LogP contribution in [0.2, 0.25) is 10.0 Å². The number of pyridine rings is 1. The van der Waals surface area contributed by atoms with E-state index in [1.807, 2.05) is 43.3 Å². The lowest BCUT2D eigenvalue weighted by Crippen LogP contribution is -2.19. The summed E-state index contributed by atoms with van der Waals surface area (Å²) in [5, 5.41) is 12.0. The summed E-state index contributed by atoms with van der Waals surface area (Å²) >= 11 is 12.4. The predicted molar refractivity (Wildman–Crippen MR) is 100 cm³/mol. The molecule has 3 aromatic rings. The predicted octanol–water partition coefficient (Wildman–Crippen LogP) is 5.55. The van der Waals surface area contributed by atoms with Crippen molar-refractivity contribution in [3.05, 3.63) is 93.7 Å². The van der Waals surface area contributed by atoms with Crippen molar-refractivity contribution in [1.29, 1.82) is 0 Å². The smallest absolute Gasteiger partial charge is 0.155 e. The van der Waals surface area contributed by atoms with E-state index in [1.54, 1.807) is 30.5 Å². The number of benzene rings is 2. The van der Waals surface area contributed by atoms with Crippen molar-refractivity contribution in [2.45, 2.75) is 19.1 Å². The number of aliphatic hydroxyl groups is 1. The third-order valence-electron chi connectivity index (χ3n) is 3.93. The molecule has 0 aliphatic carbocycles. The van der Waals surface area contributed by atoms with E-state index in [2.05, 4.69) is 4.98 Å². The number of halogens is 2. The molecule has 1 heterocycles. The third kappa shape index (κ3) is 4.13. The normalized spacial score (nSPS) is 13.3. The molecule has 0 amide bonds. The van der Waals surface area contributed by atoms with E-state index in [0.29, 0.717) is 26.9 Å². The lowest BCUT2D eigenvalue weighted by Gasteiger charge is -2.26. The number of aliphatic hydroxyl groups excluding tert-OH is 1. The number of hydrogen-bond acceptors (Lipinski definition) is 3. The van der Waals surface area contributed by atoms with E-state index in [0.717, 1.165) is 5.69 Å². The summed E-state index contributed by atoms with van der Waals surface area (Å²) in [6.07, 6.45) is 0.0519. The van der Waals surface area contributed by atoms with Crippen molar-refractivity contribution in [1.82, 2.24) is 4.98 Å². The molecule has 0 spiro atoms. The van der Waals surface area contributed by atoms with Gasteiger partial charge in [0.15, 0.2) is 6.10 Å². The lowest BCUT2D eigenvalue weighted by atomic mass is 9.97. The number of aryl methyl sites for hydroxylation is 1. The summed E-state index contributed by atoms with van der Waals surface area (Å²) in [6.45, 7) is 1.85. The van der Waals surface area contributed by atoms with Crippen LogP contribution in [-0.2, 0) is 0 Å². The highest BCUT2D eigenvalue weighted by atomic mass is 35.5. The Bertz CT molecular complexity index is 855. The van der Waals surface area contributed by atoms with Gasteiger partial charge in [0, 0.05) is 33.1 Å². The molecule has 1 aromatic heterocycles. The van der Waals surface area contributed by atoms with Crippen LogP contribution in [0.3, 0.4) is 0 Å². The van der Waals surface area contributed by atoms with Crippen molar-refractivity contribution < 1.29 is 9.84 Å². The fourth-order valence-electron chi connectivity index (χ4n) is 2.65. The summed E-state index contributed by atoms with van der Waals surface area (Å²) < 4.78 is 6.09. The Balaban J connectivity index is 2.03. The molecule has 128 valence electrons. The SMILES string of the molecule is Cc1ncccc1C(O)C(Oc1ccccc1)c1ccc(Cl)cc1Cl. The number of rotatable bonds is 5. The van der Waals surface area contributed by atoms with Crippen molar-refractivity contribution >= 4 is 23.2 Å². The van der Waals surface area contributed by atoms with Gasteiger partial charge in [-0.1, -0.05) is 53.5 Å². The molecule has 3 nitrogen and oxygen atoms in total. The van der Waals surface area contributed by atoms with Gasteiger partial charge < -0.3 is 9.84 Å². The molecule has 3 rings (SSSR count). The molecule has 5 heteroatoms. The first-order valence-electron chi connectivity index (χ1n) is 7.82. The van der Waals surface area contributed by atoms with Crippen LogP contribution in [0.5, 0.6) is 5.75 Å². The molecule has 0 aliphatic rings. The minimum Gasteiger partial charge on any atom is -0.483 e. The molecule has 2 aromatic carbocycles. The first-order valence-corrected chi connectivity index (χ1v) is 8.58. The Morgan fingerprint density at radius 1 is 0.960 bits per heavy atom. The maximum Gasteiger partial charge on any atom is 0.155 e. The minimum absolute atomic E-state index is 0.439. The van der Waals surface area contributed by atoms with Crippen molar-refractivity contribution in [3.63, 3.8) is 0 Å². The molecule has 0 radical (unpaired) electrons. The van der Waals surface area contributed by atoms with Crippen LogP contribution in [0.25, 0.3) is 0 Å². The number of nitrogens with zero attached hydrogens (tertiary/aromatic N) is 1. The summed E-state index contributed by atoms with van der Waals surface area (Å²) in [4.78, 5) is 4.25. The molecule has 0 fully saturated rings. The summed E-state index contributed by atoms with van der Waals surface area (Å²) in [5.41, 5.74) is 2.09. The van der Waals surface area contributed by atoms with Crippen LogP contribution in [0.1, 0.15) is 29.0 Å². The van der Waals surface area contributed by atoms with Gasteiger partial charge in [0.05, 0.1) is 0 Å². The monoisotopic (exact) mass is 373 g/mol. The van der Waals surface area contributed by atoms with Gasteiger partial charge in [-0.05, 0) is 37.3 Å². The number of ether oxygens (including phenoxy) is 1. The summed E-state index contributed by atoms with van der Waals surface area (Å²) in [5.74, 6) is 0.638. The van der Waals surface area contributed by atoms with Crippen LogP contribution in [-0.4, -0.2) is 10.1 Å². The van der Waals surface area contributed by atoms with E-state index < -0.39 is 12.2 Å². The topological polar surface area (TPSA) is 42.4 Å². The minimum atomic E-state index is -0.937. The number of para-hydroxylation sites is 1. The molecule has 1 N–H and O–H groups in total. The zero-order chi connectivity index (χ0) is 17.8. The second kappa shape index (κ2) is 7.87. The number of aromatic nitrogens is 1. The Labute approximate surface area is 156 Å². The standard InChI is InChI=1S/C20H17Cl2NO2/c1-13-16(8-5-11-23-13)19(24)20(25-15-6-3-2-4-7-15)17-10-9-14(21)12-18(17)22/h2-12,19-20,24H,1H3. The molecule has 2 unspecified atom stereocenters. The zero-order valence-electron chi connectivity index (χ0n) is 13.6. The van der Waals surface area contributed by atoms with E-state index in [9.17, 15) is 5.11 Å². The Morgan fingerprint density at radius 3 is 2.40 bits per heavy atom. The largest absolute Gasteiger partial charge is 0.483 e. The van der Waals surface area contributed by atoms with Gasteiger partial charge in [0.1, 0.15) is 11.9 Å². The zero-order valence-corrected chi connectivity index (χ0v) is 15.1. The van der Waals surface area contributed by atoms with Crippen LogP contribution in [0, 0.1) is 6.92 Å². The second-order valence-electron chi connectivity index (χ2n) is 5.64.